The van der Waals surface area contributed by atoms with Crippen molar-refractivity contribution in [3.05, 3.63) is 12.1 Å². The van der Waals surface area contributed by atoms with E-state index in [4.69, 9.17) is 14.2 Å². The first kappa shape index (κ1) is 21.3. The lowest BCUT2D eigenvalue weighted by atomic mass is 9.93. The molecule has 2 N–H and O–H groups in total. The summed E-state index contributed by atoms with van der Waals surface area (Å²) in [6.07, 6.45) is 4.15. The largest absolute Gasteiger partial charge is 0.493 e. The van der Waals surface area contributed by atoms with Crippen LogP contribution in [-0.4, -0.2) is 65.4 Å². The molecule has 1 aliphatic heterocycles. The highest BCUT2D eigenvalue weighted by molar-refractivity contribution is 5.91. The number of hydrogen-bond donors (Lipinski definition) is 2. The quantitative estimate of drug-likeness (QED) is 0.650. The number of carbonyl (C=O) groups is 1. The van der Waals surface area contributed by atoms with Crippen LogP contribution in [0.2, 0.25) is 0 Å². The number of carbonyl (C=O) groups excluding carboxylic acids is 1. The molecule has 152 valence electrons. The van der Waals surface area contributed by atoms with Crippen LogP contribution in [0.25, 0.3) is 0 Å². The first-order chi connectivity index (χ1) is 13.1. The average molecular weight is 380 g/mol. The van der Waals surface area contributed by atoms with E-state index in [1.165, 1.54) is 19.3 Å². The van der Waals surface area contributed by atoms with E-state index in [2.05, 4.69) is 15.5 Å². The number of anilines is 1. The first-order valence-corrected chi connectivity index (χ1v) is 9.58. The lowest BCUT2D eigenvalue weighted by Gasteiger charge is -2.31. The first-order valence-electron chi connectivity index (χ1n) is 9.58. The zero-order valence-electron chi connectivity index (χ0n) is 17.0. The third kappa shape index (κ3) is 6.29. The predicted molar refractivity (Wildman–Crippen MR) is 107 cm³/mol. The number of ether oxygens (including phenoxy) is 3. The van der Waals surface area contributed by atoms with Gasteiger partial charge >= 0.3 is 0 Å². The summed E-state index contributed by atoms with van der Waals surface area (Å²) in [5.74, 6) is 2.36. The van der Waals surface area contributed by atoms with Crippen LogP contribution in [0.3, 0.4) is 0 Å². The van der Waals surface area contributed by atoms with Gasteiger partial charge in [-0.15, -0.1) is 0 Å². The van der Waals surface area contributed by atoms with Gasteiger partial charge in [0.05, 0.1) is 21.3 Å². The fraction of sp³-hybridized carbons (Fsp3) is 0.650. The molecule has 2 rings (SSSR count). The Morgan fingerprint density at radius 3 is 2.26 bits per heavy atom. The third-order valence-electron chi connectivity index (χ3n) is 5.11. The normalized spacial score (nSPS) is 15.4. The number of piperidine rings is 1. The van der Waals surface area contributed by atoms with Crippen LogP contribution in [0.1, 0.15) is 25.7 Å². The number of methoxy groups -OCH3 is 3. The van der Waals surface area contributed by atoms with Gasteiger partial charge in [0.15, 0.2) is 11.5 Å². The van der Waals surface area contributed by atoms with Gasteiger partial charge in [-0.05, 0) is 51.9 Å². The molecule has 0 atom stereocenters. The Bertz CT molecular complexity index is 576. The van der Waals surface area contributed by atoms with Crippen molar-refractivity contribution in [1.29, 1.82) is 0 Å². The summed E-state index contributed by atoms with van der Waals surface area (Å²) in [7, 11) is 6.68. The van der Waals surface area contributed by atoms with Gasteiger partial charge < -0.3 is 29.7 Å². The smallest absolute Gasteiger partial charge is 0.225 e. The summed E-state index contributed by atoms with van der Waals surface area (Å²) >= 11 is 0. The average Bonchev–Trinajstić information content (AvgIpc) is 2.70. The predicted octanol–water partition coefficient (Wildman–Crippen LogP) is 2.36. The van der Waals surface area contributed by atoms with Gasteiger partial charge in [0.25, 0.3) is 0 Å². The molecule has 0 aliphatic carbocycles. The molecule has 0 spiro atoms. The van der Waals surface area contributed by atoms with Crippen molar-refractivity contribution in [2.75, 3.05) is 59.9 Å². The second kappa shape index (κ2) is 11.0. The maximum Gasteiger partial charge on any atom is 0.225 e. The number of amides is 1. The van der Waals surface area contributed by atoms with E-state index < -0.39 is 0 Å². The Balaban J connectivity index is 1.82. The van der Waals surface area contributed by atoms with Crippen molar-refractivity contribution in [2.24, 2.45) is 5.92 Å². The van der Waals surface area contributed by atoms with Crippen molar-refractivity contribution in [3.63, 3.8) is 0 Å². The van der Waals surface area contributed by atoms with E-state index in [-0.39, 0.29) is 5.91 Å². The van der Waals surface area contributed by atoms with Crippen molar-refractivity contribution in [3.8, 4) is 17.2 Å². The molecule has 1 amide bonds. The fourth-order valence-corrected chi connectivity index (χ4v) is 3.48. The summed E-state index contributed by atoms with van der Waals surface area (Å²) in [4.78, 5) is 14.7. The summed E-state index contributed by atoms with van der Waals surface area (Å²) in [5, 5.41) is 6.15. The highest BCUT2D eigenvalue weighted by Crippen LogP contribution is 2.39. The van der Waals surface area contributed by atoms with Crippen LogP contribution in [-0.2, 0) is 4.79 Å². The number of likely N-dealkylation sites (tertiary alicyclic amines) is 1. The maximum atomic E-state index is 12.4. The highest BCUT2D eigenvalue weighted by atomic mass is 16.5. The summed E-state index contributed by atoms with van der Waals surface area (Å²) in [6.45, 7) is 4.02. The summed E-state index contributed by atoms with van der Waals surface area (Å²) in [5.41, 5.74) is 0.639. The molecule has 1 aliphatic rings. The van der Waals surface area contributed by atoms with Crippen LogP contribution < -0.4 is 24.8 Å². The maximum absolute atomic E-state index is 12.4. The second-order valence-corrected chi connectivity index (χ2v) is 6.89. The number of nitrogens with one attached hydrogen (secondary N) is 2. The SMILES string of the molecule is CNCCC1CCN(CCC(=O)Nc2cc(OC)c(OC)c(OC)c2)CC1. The molecule has 1 saturated heterocycles. The molecule has 0 unspecified atom stereocenters. The number of nitrogens with zero attached hydrogens (tertiary/aromatic N) is 1. The Kier molecular flexibility index (Phi) is 8.67. The van der Waals surface area contributed by atoms with Gasteiger partial charge in [-0.1, -0.05) is 0 Å². The van der Waals surface area contributed by atoms with Crippen molar-refractivity contribution in [2.45, 2.75) is 25.7 Å². The monoisotopic (exact) mass is 379 g/mol. The molecule has 1 fully saturated rings. The van der Waals surface area contributed by atoms with Crippen LogP contribution >= 0.6 is 0 Å². The van der Waals surface area contributed by atoms with E-state index in [0.717, 1.165) is 32.1 Å². The molecule has 0 saturated carbocycles. The van der Waals surface area contributed by atoms with Crippen molar-refractivity contribution in [1.82, 2.24) is 10.2 Å². The number of rotatable bonds is 10. The molecule has 7 nitrogen and oxygen atoms in total. The zero-order valence-corrected chi connectivity index (χ0v) is 17.0. The van der Waals surface area contributed by atoms with E-state index in [1.807, 2.05) is 7.05 Å². The molecule has 1 aromatic carbocycles. The van der Waals surface area contributed by atoms with Crippen molar-refractivity contribution < 1.29 is 19.0 Å². The van der Waals surface area contributed by atoms with E-state index >= 15 is 0 Å². The zero-order chi connectivity index (χ0) is 19.6. The van der Waals surface area contributed by atoms with Gasteiger partial charge in [-0.3, -0.25) is 4.79 Å². The van der Waals surface area contributed by atoms with Crippen LogP contribution in [0, 0.1) is 5.92 Å². The van der Waals surface area contributed by atoms with Gasteiger partial charge in [0, 0.05) is 30.8 Å². The highest BCUT2D eigenvalue weighted by Gasteiger charge is 2.19. The second-order valence-electron chi connectivity index (χ2n) is 6.89. The van der Waals surface area contributed by atoms with Crippen molar-refractivity contribution >= 4 is 11.6 Å². The topological polar surface area (TPSA) is 72.1 Å². The van der Waals surface area contributed by atoms with E-state index in [9.17, 15) is 4.79 Å². The van der Waals surface area contributed by atoms with Gasteiger partial charge in [-0.25, -0.2) is 0 Å². The molecule has 7 heteroatoms. The summed E-state index contributed by atoms with van der Waals surface area (Å²) in [6, 6.07) is 3.49. The minimum atomic E-state index is -0.0124. The third-order valence-corrected chi connectivity index (χ3v) is 5.11. The standard InChI is InChI=1S/C20H33N3O4/c1-21-9-5-15-6-10-23(11-7-15)12-8-19(24)22-16-13-17(25-2)20(27-4)18(14-16)26-3/h13-15,21H,5-12H2,1-4H3,(H,22,24). The lowest BCUT2D eigenvalue weighted by Crippen LogP contribution is -2.36. The minimum Gasteiger partial charge on any atom is -0.493 e. The summed E-state index contributed by atoms with van der Waals surface area (Å²) < 4.78 is 16.0. The lowest BCUT2D eigenvalue weighted by molar-refractivity contribution is -0.116. The molecular formula is C20H33N3O4. The minimum absolute atomic E-state index is 0.0124. The Morgan fingerprint density at radius 2 is 1.74 bits per heavy atom. The van der Waals surface area contributed by atoms with Gasteiger partial charge in [0.1, 0.15) is 0 Å². The fourth-order valence-electron chi connectivity index (χ4n) is 3.48. The Labute approximate surface area is 162 Å². The Morgan fingerprint density at radius 1 is 1.11 bits per heavy atom. The molecule has 27 heavy (non-hydrogen) atoms. The van der Waals surface area contributed by atoms with Crippen LogP contribution in [0.5, 0.6) is 17.2 Å². The number of hydrogen-bond acceptors (Lipinski definition) is 6. The molecule has 0 aromatic heterocycles. The van der Waals surface area contributed by atoms with E-state index in [1.54, 1.807) is 33.5 Å². The molecule has 1 aromatic rings. The van der Waals surface area contributed by atoms with Crippen LogP contribution in [0.4, 0.5) is 5.69 Å². The molecule has 0 bridgehead atoms. The van der Waals surface area contributed by atoms with E-state index in [0.29, 0.717) is 29.4 Å². The Hall–Kier alpha value is -1.99. The van der Waals surface area contributed by atoms with Gasteiger partial charge in [-0.2, -0.15) is 0 Å². The molecular weight excluding hydrogens is 346 g/mol. The molecule has 1 heterocycles. The molecule has 0 radical (unpaired) electrons. The van der Waals surface area contributed by atoms with Crippen LogP contribution in [0.15, 0.2) is 12.1 Å². The number of benzene rings is 1. The van der Waals surface area contributed by atoms with Gasteiger partial charge in [0.2, 0.25) is 11.7 Å².